The van der Waals surface area contributed by atoms with E-state index < -0.39 is 0 Å². The van der Waals surface area contributed by atoms with Crippen LogP contribution in [0.4, 0.5) is 0 Å². The molecule has 4 heterocycles. The third-order valence-corrected chi connectivity index (χ3v) is 12.2. The lowest BCUT2D eigenvalue weighted by Crippen LogP contribution is -2.00. The summed E-state index contributed by atoms with van der Waals surface area (Å²) in [5.74, 6) is 1.88. The molecule has 0 atom stereocenters. The lowest BCUT2D eigenvalue weighted by Gasteiger charge is -2.09. The number of hydrogen-bond donors (Lipinski definition) is 0. The van der Waals surface area contributed by atoms with Crippen molar-refractivity contribution < 1.29 is 4.42 Å². The first-order chi connectivity index (χ1) is 25.3. The van der Waals surface area contributed by atoms with Crippen molar-refractivity contribution in [2.75, 3.05) is 0 Å². The molecule has 7 aromatic carbocycles. The number of rotatable bonds is 4. The van der Waals surface area contributed by atoms with Gasteiger partial charge in [-0.3, -0.25) is 0 Å². The van der Waals surface area contributed by atoms with Crippen LogP contribution in [0.15, 0.2) is 156 Å². The highest BCUT2D eigenvalue weighted by molar-refractivity contribution is 7.27. The monoisotopic (exact) mass is 687 g/mol. The van der Waals surface area contributed by atoms with Crippen molar-refractivity contribution in [3.63, 3.8) is 0 Å². The van der Waals surface area contributed by atoms with E-state index >= 15 is 0 Å². The van der Waals surface area contributed by atoms with Gasteiger partial charge in [0.15, 0.2) is 17.5 Å². The van der Waals surface area contributed by atoms with E-state index in [1.165, 1.54) is 51.5 Å². The minimum Gasteiger partial charge on any atom is -0.456 e. The van der Waals surface area contributed by atoms with Crippen LogP contribution in [0.1, 0.15) is 0 Å². The Morgan fingerprint density at radius 3 is 1.75 bits per heavy atom. The standard InChI is InChI=1S/C45H25N3OS2/c1-2-11-26(12-3-1)43-46-44(48-45(47-43)34-19-10-21-37-40(34)33-14-4-6-20-36(33)49-37)27-23-24-39-35(25-27)32-18-9-17-31(42(32)51-39)30-16-8-15-29-28-13-5-7-22-38(28)50-41(29)30/h1-25H. The van der Waals surface area contributed by atoms with Crippen molar-refractivity contribution in [1.82, 2.24) is 15.0 Å². The van der Waals surface area contributed by atoms with E-state index in [0.717, 1.165) is 38.6 Å². The number of aromatic nitrogens is 3. The summed E-state index contributed by atoms with van der Waals surface area (Å²) in [4.78, 5) is 15.3. The first kappa shape index (κ1) is 28.6. The van der Waals surface area contributed by atoms with Gasteiger partial charge in [0, 0.05) is 78.9 Å². The van der Waals surface area contributed by atoms with Gasteiger partial charge in [-0.1, -0.05) is 115 Å². The zero-order valence-corrected chi connectivity index (χ0v) is 28.6. The molecule has 0 bridgehead atoms. The van der Waals surface area contributed by atoms with Gasteiger partial charge < -0.3 is 4.42 Å². The predicted octanol–water partition coefficient (Wildman–Crippen LogP) is 13.2. The average molecular weight is 688 g/mol. The van der Waals surface area contributed by atoms with Crippen LogP contribution in [0.25, 0.3) is 108 Å². The molecule has 0 unspecified atom stereocenters. The van der Waals surface area contributed by atoms with Gasteiger partial charge in [0.2, 0.25) is 0 Å². The molecular weight excluding hydrogens is 663 g/mol. The Kier molecular flexibility index (Phi) is 6.26. The third-order valence-electron chi connectivity index (χ3n) is 9.76. The molecule has 4 aromatic heterocycles. The zero-order chi connectivity index (χ0) is 33.5. The number of hydrogen-bond acceptors (Lipinski definition) is 6. The van der Waals surface area contributed by atoms with Crippen LogP contribution in [-0.2, 0) is 0 Å². The summed E-state index contributed by atoms with van der Waals surface area (Å²) in [6.07, 6.45) is 0. The first-order valence-electron chi connectivity index (χ1n) is 16.9. The van der Waals surface area contributed by atoms with Gasteiger partial charge >= 0.3 is 0 Å². The van der Waals surface area contributed by atoms with Gasteiger partial charge in [-0.2, -0.15) is 0 Å². The topological polar surface area (TPSA) is 51.8 Å². The first-order valence-corrected chi connectivity index (χ1v) is 18.5. The maximum atomic E-state index is 6.24. The van der Waals surface area contributed by atoms with Crippen LogP contribution in [0.5, 0.6) is 0 Å². The Hall–Kier alpha value is -6.21. The molecule has 238 valence electrons. The summed E-state index contributed by atoms with van der Waals surface area (Å²) < 4.78 is 11.4. The second-order valence-electron chi connectivity index (χ2n) is 12.7. The summed E-state index contributed by atoms with van der Waals surface area (Å²) in [5.41, 5.74) is 7.00. The summed E-state index contributed by atoms with van der Waals surface area (Å²) in [6, 6.07) is 53.1. The average Bonchev–Trinajstić information content (AvgIpc) is 3.89. The van der Waals surface area contributed by atoms with Gasteiger partial charge in [-0.05, 0) is 36.4 Å². The second kappa shape index (κ2) is 11.2. The molecule has 0 saturated heterocycles. The minimum atomic E-state index is 0.616. The SMILES string of the molecule is c1ccc(-c2nc(-c3ccc4sc5c(-c6cccc7c6sc6ccccc67)cccc5c4c3)nc(-c3cccc4oc5ccccc5c34)n2)cc1. The molecule has 11 aromatic rings. The highest BCUT2D eigenvalue weighted by Crippen LogP contribution is 2.46. The van der Waals surface area contributed by atoms with Crippen molar-refractivity contribution in [3.8, 4) is 45.3 Å². The van der Waals surface area contributed by atoms with E-state index in [2.05, 4.69) is 91.0 Å². The molecule has 11 rings (SSSR count). The summed E-state index contributed by atoms with van der Waals surface area (Å²) >= 11 is 3.72. The number of para-hydroxylation sites is 1. The van der Waals surface area contributed by atoms with Crippen molar-refractivity contribution in [2.45, 2.75) is 0 Å². The molecular formula is C45H25N3OS2. The second-order valence-corrected chi connectivity index (χ2v) is 14.8. The Morgan fingerprint density at radius 1 is 0.373 bits per heavy atom. The van der Waals surface area contributed by atoms with E-state index in [9.17, 15) is 0 Å². The van der Waals surface area contributed by atoms with Gasteiger partial charge in [0.05, 0.1) is 0 Å². The van der Waals surface area contributed by atoms with Crippen LogP contribution in [-0.4, -0.2) is 15.0 Å². The molecule has 0 spiro atoms. The normalized spacial score (nSPS) is 11.9. The zero-order valence-electron chi connectivity index (χ0n) is 27.0. The lowest BCUT2D eigenvalue weighted by atomic mass is 10.00. The molecule has 0 amide bonds. The molecule has 0 aliphatic heterocycles. The number of thiophene rings is 2. The highest BCUT2D eigenvalue weighted by Gasteiger charge is 2.19. The molecule has 0 aliphatic carbocycles. The van der Waals surface area contributed by atoms with Crippen molar-refractivity contribution >= 4 is 85.0 Å². The molecule has 0 fully saturated rings. The van der Waals surface area contributed by atoms with Crippen LogP contribution in [0, 0.1) is 0 Å². The molecule has 0 saturated carbocycles. The summed E-state index contributed by atoms with van der Waals surface area (Å²) in [5, 5.41) is 7.11. The highest BCUT2D eigenvalue weighted by atomic mass is 32.1. The smallest absolute Gasteiger partial charge is 0.164 e. The van der Waals surface area contributed by atoms with E-state index in [1.807, 2.05) is 83.3 Å². The molecule has 4 nitrogen and oxygen atoms in total. The molecule has 0 aliphatic rings. The van der Waals surface area contributed by atoms with Gasteiger partial charge in [0.25, 0.3) is 0 Å². The van der Waals surface area contributed by atoms with Crippen LogP contribution < -0.4 is 0 Å². The summed E-state index contributed by atoms with van der Waals surface area (Å²) in [6.45, 7) is 0. The Bertz CT molecular complexity index is 3160. The Morgan fingerprint density at radius 2 is 0.941 bits per heavy atom. The van der Waals surface area contributed by atoms with Crippen LogP contribution >= 0.6 is 22.7 Å². The van der Waals surface area contributed by atoms with Gasteiger partial charge in [-0.25, -0.2) is 15.0 Å². The molecule has 51 heavy (non-hydrogen) atoms. The number of benzene rings is 7. The number of fused-ring (bicyclic) bond motifs is 9. The third kappa shape index (κ3) is 4.47. The lowest BCUT2D eigenvalue weighted by molar-refractivity contribution is 0.669. The van der Waals surface area contributed by atoms with E-state index in [1.54, 1.807) is 0 Å². The maximum Gasteiger partial charge on any atom is 0.164 e. The fourth-order valence-corrected chi connectivity index (χ4v) is 9.85. The summed E-state index contributed by atoms with van der Waals surface area (Å²) in [7, 11) is 0. The predicted molar refractivity (Wildman–Crippen MR) is 215 cm³/mol. The minimum absolute atomic E-state index is 0.616. The quantitative estimate of drug-likeness (QED) is 0.185. The van der Waals surface area contributed by atoms with Crippen molar-refractivity contribution in [2.24, 2.45) is 0 Å². The van der Waals surface area contributed by atoms with Crippen molar-refractivity contribution in [3.05, 3.63) is 152 Å². The number of furan rings is 1. The fraction of sp³-hybridized carbons (Fsp3) is 0. The van der Waals surface area contributed by atoms with Crippen LogP contribution in [0.3, 0.4) is 0 Å². The van der Waals surface area contributed by atoms with Crippen LogP contribution in [0.2, 0.25) is 0 Å². The Balaban J connectivity index is 1.11. The van der Waals surface area contributed by atoms with E-state index in [4.69, 9.17) is 19.4 Å². The Labute approximate surface area is 299 Å². The van der Waals surface area contributed by atoms with E-state index in [-0.39, 0.29) is 0 Å². The maximum absolute atomic E-state index is 6.24. The molecule has 6 heteroatoms. The molecule has 0 radical (unpaired) electrons. The van der Waals surface area contributed by atoms with Gasteiger partial charge in [0.1, 0.15) is 11.2 Å². The van der Waals surface area contributed by atoms with Crippen molar-refractivity contribution in [1.29, 1.82) is 0 Å². The largest absolute Gasteiger partial charge is 0.456 e. The van der Waals surface area contributed by atoms with Gasteiger partial charge in [-0.15, -0.1) is 22.7 Å². The fourth-order valence-electron chi connectivity index (χ4n) is 7.41. The number of nitrogens with zero attached hydrogens (tertiary/aromatic N) is 3. The van der Waals surface area contributed by atoms with E-state index in [0.29, 0.717) is 17.5 Å². The molecule has 0 N–H and O–H groups in total.